The molecule has 0 aromatic heterocycles. The average molecular weight is 449 g/mol. The van der Waals surface area contributed by atoms with Crippen molar-refractivity contribution in [3.63, 3.8) is 0 Å². The second-order valence-corrected chi connectivity index (χ2v) is 9.19. The molecule has 2 atom stereocenters. The zero-order valence-electron chi connectivity index (χ0n) is 18.1. The fourth-order valence-corrected chi connectivity index (χ4v) is 4.56. The molecule has 2 aromatic carbocycles. The number of nitrogens with one attached hydrogen (secondary N) is 1. The average Bonchev–Trinajstić information content (AvgIpc) is 2.96. The van der Waals surface area contributed by atoms with Crippen molar-refractivity contribution in [1.82, 2.24) is 5.32 Å². The van der Waals surface area contributed by atoms with Crippen molar-refractivity contribution in [2.75, 3.05) is 31.3 Å². The number of amides is 1. The molecular formula is C22H28N2O6S. The van der Waals surface area contributed by atoms with E-state index in [0.29, 0.717) is 29.4 Å². The summed E-state index contributed by atoms with van der Waals surface area (Å²) in [6.07, 6.45) is 1.21. The quantitative estimate of drug-likeness (QED) is 0.700. The van der Waals surface area contributed by atoms with Gasteiger partial charge in [0.1, 0.15) is 5.75 Å². The number of ether oxygens (including phenoxy) is 3. The fraction of sp³-hybridized carbons (Fsp3) is 0.409. The highest BCUT2D eigenvalue weighted by molar-refractivity contribution is 7.92. The van der Waals surface area contributed by atoms with E-state index < -0.39 is 16.1 Å². The molecule has 2 aromatic rings. The maximum Gasteiger partial charge on any atom is 0.261 e. The smallest absolute Gasteiger partial charge is 0.261 e. The van der Waals surface area contributed by atoms with E-state index in [1.165, 1.54) is 4.31 Å². The van der Waals surface area contributed by atoms with E-state index in [-0.39, 0.29) is 24.9 Å². The monoisotopic (exact) mass is 448 g/mol. The molecule has 3 rings (SSSR count). The van der Waals surface area contributed by atoms with E-state index in [9.17, 15) is 13.2 Å². The molecule has 0 aliphatic carbocycles. The van der Waals surface area contributed by atoms with Gasteiger partial charge in [0.15, 0.2) is 17.6 Å². The molecule has 0 saturated heterocycles. The summed E-state index contributed by atoms with van der Waals surface area (Å²) in [6, 6.07) is 12.1. The second kappa shape index (κ2) is 9.47. The molecule has 0 spiro atoms. The molecule has 168 valence electrons. The largest absolute Gasteiger partial charge is 0.493 e. The van der Waals surface area contributed by atoms with Gasteiger partial charge in [-0.2, -0.15) is 0 Å². The predicted octanol–water partition coefficient (Wildman–Crippen LogP) is 2.89. The Morgan fingerprint density at radius 2 is 1.90 bits per heavy atom. The number of para-hydroxylation sites is 2. The Morgan fingerprint density at radius 1 is 1.19 bits per heavy atom. The van der Waals surface area contributed by atoms with Crippen LogP contribution in [0.4, 0.5) is 5.69 Å². The number of rotatable bonds is 7. The van der Waals surface area contributed by atoms with E-state index in [2.05, 4.69) is 5.32 Å². The lowest BCUT2D eigenvalue weighted by molar-refractivity contribution is -0.128. The molecule has 1 aliphatic heterocycles. The van der Waals surface area contributed by atoms with Gasteiger partial charge < -0.3 is 19.5 Å². The number of carbonyl (C=O) groups excluding carboxylic acids is 1. The number of hydrogen-bond acceptors (Lipinski definition) is 6. The first-order valence-electron chi connectivity index (χ1n) is 10.0. The van der Waals surface area contributed by atoms with Gasteiger partial charge in [-0.15, -0.1) is 0 Å². The molecule has 1 amide bonds. The Balaban J connectivity index is 1.81. The second-order valence-electron chi connectivity index (χ2n) is 7.28. The Bertz CT molecular complexity index is 1040. The highest BCUT2D eigenvalue weighted by Crippen LogP contribution is 2.34. The van der Waals surface area contributed by atoms with E-state index in [4.69, 9.17) is 14.2 Å². The van der Waals surface area contributed by atoms with E-state index in [0.717, 1.165) is 11.8 Å². The van der Waals surface area contributed by atoms with Gasteiger partial charge in [-0.1, -0.05) is 25.1 Å². The highest BCUT2D eigenvalue weighted by atomic mass is 32.2. The molecule has 0 unspecified atom stereocenters. The van der Waals surface area contributed by atoms with Crippen molar-refractivity contribution in [2.45, 2.75) is 31.9 Å². The van der Waals surface area contributed by atoms with Crippen LogP contribution in [0.3, 0.4) is 0 Å². The zero-order valence-corrected chi connectivity index (χ0v) is 18.9. The molecule has 31 heavy (non-hydrogen) atoms. The molecule has 1 aliphatic rings. The number of fused-ring (bicyclic) bond motifs is 1. The molecule has 0 saturated carbocycles. The maximum atomic E-state index is 13.1. The van der Waals surface area contributed by atoms with Gasteiger partial charge in [-0.3, -0.25) is 9.10 Å². The standard InChI is InChI=1S/C22H28N2O6S/c1-5-16(15-10-11-19(28-2)21(14-15)29-3)23-22(25)20-12-13-24(31(4,26)27)17-8-6-7-9-18(17)30-20/h6-11,14,16,20H,5,12-13H2,1-4H3,(H,23,25)/t16-,20-/m0/s1. The summed E-state index contributed by atoms with van der Waals surface area (Å²) in [6.45, 7) is 2.12. The Morgan fingerprint density at radius 3 is 2.55 bits per heavy atom. The maximum absolute atomic E-state index is 13.1. The zero-order chi connectivity index (χ0) is 22.6. The Hall–Kier alpha value is -2.94. The van der Waals surface area contributed by atoms with E-state index in [1.807, 2.05) is 19.1 Å². The topological polar surface area (TPSA) is 94.2 Å². The van der Waals surface area contributed by atoms with Gasteiger partial charge in [0.25, 0.3) is 5.91 Å². The number of nitrogens with zero attached hydrogens (tertiary/aromatic N) is 1. The lowest BCUT2D eigenvalue weighted by atomic mass is 10.0. The third kappa shape index (κ3) is 5.04. The van der Waals surface area contributed by atoms with Crippen LogP contribution >= 0.6 is 0 Å². The summed E-state index contributed by atoms with van der Waals surface area (Å²) in [7, 11) is -0.373. The van der Waals surface area contributed by atoms with Crippen LogP contribution in [0.2, 0.25) is 0 Å². The molecule has 0 bridgehead atoms. The predicted molar refractivity (Wildman–Crippen MR) is 118 cm³/mol. The summed E-state index contributed by atoms with van der Waals surface area (Å²) >= 11 is 0. The lowest BCUT2D eigenvalue weighted by Gasteiger charge is -2.22. The highest BCUT2D eigenvalue weighted by Gasteiger charge is 2.32. The van der Waals surface area contributed by atoms with Gasteiger partial charge in [0.05, 0.1) is 32.2 Å². The van der Waals surface area contributed by atoms with Crippen LogP contribution < -0.4 is 23.8 Å². The molecule has 0 radical (unpaired) electrons. The van der Waals surface area contributed by atoms with Crippen LogP contribution in [0.25, 0.3) is 0 Å². The SMILES string of the molecule is CC[C@H](NC(=O)[C@@H]1CCN(S(C)(=O)=O)c2ccccc2O1)c1ccc(OC)c(OC)c1. The number of anilines is 1. The van der Waals surface area contributed by atoms with E-state index in [1.54, 1.807) is 44.6 Å². The van der Waals surface area contributed by atoms with Crippen molar-refractivity contribution in [2.24, 2.45) is 0 Å². The fourth-order valence-electron chi connectivity index (χ4n) is 3.61. The van der Waals surface area contributed by atoms with Crippen molar-refractivity contribution < 1.29 is 27.4 Å². The number of hydrogen-bond donors (Lipinski definition) is 1. The Kier molecular flexibility index (Phi) is 6.94. The van der Waals surface area contributed by atoms with Gasteiger partial charge in [-0.25, -0.2) is 8.42 Å². The molecule has 0 fully saturated rings. The van der Waals surface area contributed by atoms with Crippen LogP contribution in [0.1, 0.15) is 31.4 Å². The van der Waals surface area contributed by atoms with Crippen LogP contribution in [0, 0.1) is 0 Å². The van der Waals surface area contributed by atoms with Crippen molar-refractivity contribution in [1.29, 1.82) is 0 Å². The lowest BCUT2D eigenvalue weighted by Crippen LogP contribution is -2.41. The number of methoxy groups -OCH3 is 2. The van der Waals surface area contributed by atoms with Crippen LogP contribution in [0.5, 0.6) is 17.2 Å². The van der Waals surface area contributed by atoms with E-state index >= 15 is 0 Å². The third-order valence-corrected chi connectivity index (χ3v) is 6.40. The molecule has 9 heteroatoms. The van der Waals surface area contributed by atoms with Gasteiger partial charge in [0.2, 0.25) is 10.0 Å². The van der Waals surface area contributed by atoms with Crippen molar-refractivity contribution >= 4 is 21.6 Å². The number of benzene rings is 2. The first kappa shape index (κ1) is 22.7. The molecule has 1 N–H and O–H groups in total. The van der Waals surface area contributed by atoms with Crippen LogP contribution in [0.15, 0.2) is 42.5 Å². The number of carbonyl (C=O) groups is 1. The molecular weight excluding hydrogens is 420 g/mol. The van der Waals surface area contributed by atoms with Crippen molar-refractivity contribution in [3.8, 4) is 17.2 Å². The minimum Gasteiger partial charge on any atom is -0.493 e. The first-order chi connectivity index (χ1) is 14.8. The summed E-state index contributed by atoms with van der Waals surface area (Å²) in [5.74, 6) is 1.25. The summed E-state index contributed by atoms with van der Waals surface area (Å²) in [4.78, 5) is 13.1. The molecule has 1 heterocycles. The molecule has 8 nitrogen and oxygen atoms in total. The first-order valence-corrected chi connectivity index (χ1v) is 11.9. The van der Waals surface area contributed by atoms with Gasteiger partial charge in [0, 0.05) is 13.0 Å². The summed E-state index contributed by atoms with van der Waals surface area (Å²) < 4.78 is 42.4. The minimum atomic E-state index is -3.50. The normalized spacial score (nSPS) is 17.0. The van der Waals surface area contributed by atoms with Gasteiger partial charge >= 0.3 is 0 Å². The van der Waals surface area contributed by atoms with Crippen molar-refractivity contribution in [3.05, 3.63) is 48.0 Å². The summed E-state index contributed by atoms with van der Waals surface area (Å²) in [5, 5.41) is 3.03. The third-order valence-electron chi connectivity index (χ3n) is 5.23. The Labute approximate surface area is 183 Å². The number of sulfonamides is 1. The summed E-state index contributed by atoms with van der Waals surface area (Å²) in [5.41, 5.74) is 1.31. The van der Waals surface area contributed by atoms with Crippen LogP contribution in [-0.2, 0) is 14.8 Å². The minimum absolute atomic E-state index is 0.154. The van der Waals surface area contributed by atoms with Gasteiger partial charge in [-0.05, 0) is 36.2 Å². The van der Waals surface area contributed by atoms with Crippen LogP contribution in [-0.4, -0.2) is 47.4 Å².